The van der Waals surface area contributed by atoms with Crippen molar-refractivity contribution in [3.8, 4) is 11.5 Å². The van der Waals surface area contributed by atoms with Crippen molar-refractivity contribution in [2.45, 2.75) is 52.9 Å². The first-order valence-corrected chi connectivity index (χ1v) is 10.2. The van der Waals surface area contributed by atoms with E-state index in [0.717, 1.165) is 25.9 Å². The molecule has 2 N–H and O–H groups in total. The summed E-state index contributed by atoms with van der Waals surface area (Å²) in [5, 5.41) is 0. The summed E-state index contributed by atoms with van der Waals surface area (Å²) in [5.74, 6) is 0.234. The Balaban J connectivity index is 2.27. The number of rotatable bonds is 13. The highest BCUT2D eigenvalue weighted by Crippen LogP contribution is 2.26. The van der Waals surface area contributed by atoms with Crippen LogP contribution in [0.1, 0.15) is 52.9 Å². The van der Waals surface area contributed by atoms with Gasteiger partial charge in [-0.25, -0.2) is 0 Å². The molecule has 0 saturated heterocycles. The molecule has 1 aromatic carbocycles. The van der Waals surface area contributed by atoms with Crippen molar-refractivity contribution >= 4 is 17.7 Å². The summed E-state index contributed by atoms with van der Waals surface area (Å²) >= 11 is 0. The minimum Gasteiger partial charge on any atom is -0.490 e. The Bertz CT molecular complexity index is 645. The van der Waals surface area contributed by atoms with Crippen LogP contribution in [0.3, 0.4) is 0 Å². The van der Waals surface area contributed by atoms with E-state index < -0.39 is 5.91 Å². The molecule has 0 spiro atoms. The first kappa shape index (κ1) is 24.3. The van der Waals surface area contributed by atoms with Crippen LogP contribution in [0.5, 0.6) is 11.5 Å². The summed E-state index contributed by atoms with van der Waals surface area (Å²) in [4.78, 5) is 37.7. The van der Waals surface area contributed by atoms with Gasteiger partial charge < -0.3 is 14.4 Å². The number of nitrogens with zero attached hydrogens (tertiary/aromatic N) is 1. The number of carbonyl (C=O) groups excluding carboxylic acids is 3. The van der Waals surface area contributed by atoms with Crippen LogP contribution in [-0.2, 0) is 14.4 Å². The number of nitrogens with one attached hydrogen (secondary N) is 2. The Morgan fingerprint density at radius 1 is 0.862 bits per heavy atom. The molecule has 0 aliphatic heterocycles. The van der Waals surface area contributed by atoms with E-state index in [-0.39, 0.29) is 24.8 Å². The normalized spacial score (nSPS) is 10.2. The molecule has 8 heteroatoms. The number of amides is 3. The monoisotopic (exact) mass is 407 g/mol. The van der Waals surface area contributed by atoms with Crippen molar-refractivity contribution in [1.29, 1.82) is 0 Å². The number of hydrogen-bond acceptors (Lipinski definition) is 5. The molecule has 0 atom stereocenters. The van der Waals surface area contributed by atoms with E-state index in [9.17, 15) is 14.4 Å². The van der Waals surface area contributed by atoms with Crippen LogP contribution in [0.4, 0.5) is 0 Å². The molecule has 0 radical (unpaired) electrons. The van der Waals surface area contributed by atoms with Crippen LogP contribution in [0.2, 0.25) is 0 Å². The second-order valence-electron chi connectivity index (χ2n) is 6.50. The average Bonchev–Trinajstić information content (AvgIpc) is 2.71. The molecule has 0 aromatic heterocycles. The maximum Gasteiger partial charge on any atom is 0.276 e. The second kappa shape index (κ2) is 14.3. The average molecular weight is 408 g/mol. The molecule has 3 amide bonds. The van der Waals surface area contributed by atoms with Crippen LogP contribution in [0.15, 0.2) is 24.3 Å². The van der Waals surface area contributed by atoms with E-state index in [0.29, 0.717) is 30.9 Å². The maximum absolute atomic E-state index is 12.2. The van der Waals surface area contributed by atoms with Gasteiger partial charge in [-0.05, 0) is 38.3 Å². The van der Waals surface area contributed by atoms with Gasteiger partial charge in [0, 0.05) is 25.9 Å². The van der Waals surface area contributed by atoms with E-state index in [2.05, 4.69) is 10.9 Å². The summed E-state index contributed by atoms with van der Waals surface area (Å²) in [6, 6.07) is 7.05. The van der Waals surface area contributed by atoms with E-state index in [4.69, 9.17) is 9.47 Å². The lowest BCUT2D eigenvalue weighted by molar-refractivity contribution is -0.132. The van der Waals surface area contributed by atoms with Gasteiger partial charge in [0.25, 0.3) is 5.91 Å². The van der Waals surface area contributed by atoms with Gasteiger partial charge in [-0.2, -0.15) is 0 Å². The third-order valence-corrected chi connectivity index (χ3v) is 3.98. The molecule has 0 aliphatic rings. The fraction of sp³-hybridized carbons (Fsp3) is 0.571. The fourth-order valence-electron chi connectivity index (χ4n) is 2.68. The van der Waals surface area contributed by atoms with Gasteiger partial charge >= 0.3 is 0 Å². The highest BCUT2D eigenvalue weighted by atomic mass is 16.5. The number of para-hydroxylation sites is 2. The summed E-state index contributed by atoms with van der Waals surface area (Å²) in [7, 11) is 0. The van der Waals surface area contributed by atoms with Crippen molar-refractivity contribution < 1.29 is 23.9 Å². The lowest BCUT2D eigenvalue weighted by atomic mass is 10.2. The molecule has 1 aromatic rings. The lowest BCUT2D eigenvalue weighted by Crippen LogP contribution is -2.43. The Hall–Kier alpha value is -2.77. The van der Waals surface area contributed by atoms with Crippen molar-refractivity contribution in [2.24, 2.45) is 0 Å². The standard InChI is InChI=1S/C21H33N3O5/c1-4-14-24(15-5-2)21(27)13-9-12-19(25)22-23-20(26)16-29-18-11-8-7-10-17(18)28-6-3/h7-8,10-11H,4-6,9,12-16H2,1-3H3,(H,22,25)(H,23,26). The van der Waals surface area contributed by atoms with Gasteiger partial charge in [0.2, 0.25) is 11.8 Å². The van der Waals surface area contributed by atoms with Gasteiger partial charge in [-0.3, -0.25) is 25.2 Å². The molecule has 0 aliphatic carbocycles. The molecule has 0 saturated carbocycles. The molecule has 8 nitrogen and oxygen atoms in total. The molecule has 0 bridgehead atoms. The van der Waals surface area contributed by atoms with Crippen LogP contribution in [0.25, 0.3) is 0 Å². The Kier molecular flexibility index (Phi) is 11.9. The third-order valence-electron chi connectivity index (χ3n) is 3.98. The molecule has 29 heavy (non-hydrogen) atoms. The molecular weight excluding hydrogens is 374 g/mol. The molecule has 0 unspecified atom stereocenters. The maximum atomic E-state index is 12.2. The van der Waals surface area contributed by atoms with E-state index >= 15 is 0 Å². The zero-order valence-corrected chi connectivity index (χ0v) is 17.7. The number of ether oxygens (including phenoxy) is 2. The molecular formula is C21H33N3O5. The number of carbonyl (C=O) groups is 3. The number of benzene rings is 1. The van der Waals surface area contributed by atoms with Gasteiger partial charge in [-0.1, -0.05) is 26.0 Å². The second-order valence-corrected chi connectivity index (χ2v) is 6.50. The summed E-state index contributed by atoms with van der Waals surface area (Å²) in [5.41, 5.74) is 4.64. The zero-order valence-electron chi connectivity index (χ0n) is 17.7. The predicted octanol–water partition coefficient (Wildman–Crippen LogP) is 2.43. The highest BCUT2D eigenvalue weighted by Gasteiger charge is 2.13. The lowest BCUT2D eigenvalue weighted by Gasteiger charge is -2.21. The number of hydrazine groups is 1. The van der Waals surface area contributed by atoms with E-state index in [1.54, 1.807) is 18.2 Å². The summed E-state index contributed by atoms with van der Waals surface area (Å²) in [6.45, 7) is 7.63. The SMILES string of the molecule is CCCN(CCC)C(=O)CCCC(=O)NNC(=O)COc1ccccc1OCC. The van der Waals surface area contributed by atoms with E-state index in [1.165, 1.54) is 0 Å². The van der Waals surface area contributed by atoms with Gasteiger partial charge in [0.05, 0.1) is 6.61 Å². The van der Waals surface area contributed by atoms with Crippen molar-refractivity contribution in [3.63, 3.8) is 0 Å². The molecule has 0 fully saturated rings. The molecule has 1 rings (SSSR count). The quantitative estimate of drug-likeness (QED) is 0.490. The van der Waals surface area contributed by atoms with E-state index in [1.807, 2.05) is 31.7 Å². The molecule has 0 heterocycles. The van der Waals surface area contributed by atoms with Crippen LogP contribution >= 0.6 is 0 Å². The third kappa shape index (κ3) is 9.82. The zero-order chi connectivity index (χ0) is 21.5. The summed E-state index contributed by atoms with van der Waals surface area (Å²) in [6.07, 6.45) is 2.73. The van der Waals surface area contributed by atoms with Gasteiger partial charge in [0.15, 0.2) is 18.1 Å². The Morgan fingerprint density at radius 3 is 2.03 bits per heavy atom. The van der Waals surface area contributed by atoms with Crippen LogP contribution in [0, 0.1) is 0 Å². The predicted molar refractivity (Wildman–Crippen MR) is 110 cm³/mol. The molecule has 162 valence electrons. The van der Waals surface area contributed by atoms with Gasteiger partial charge in [0.1, 0.15) is 0 Å². The fourth-order valence-corrected chi connectivity index (χ4v) is 2.68. The van der Waals surface area contributed by atoms with Crippen LogP contribution in [-0.4, -0.2) is 48.9 Å². The first-order valence-electron chi connectivity index (χ1n) is 10.2. The van der Waals surface area contributed by atoms with Crippen molar-refractivity contribution in [1.82, 2.24) is 15.8 Å². The highest BCUT2D eigenvalue weighted by molar-refractivity contribution is 5.83. The Labute approximate surface area is 172 Å². The minimum atomic E-state index is -0.488. The first-order chi connectivity index (χ1) is 14.0. The van der Waals surface area contributed by atoms with Crippen LogP contribution < -0.4 is 20.3 Å². The topological polar surface area (TPSA) is 97.0 Å². The largest absolute Gasteiger partial charge is 0.490 e. The Morgan fingerprint density at radius 2 is 1.45 bits per heavy atom. The van der Waals surface area contributed by atoms with Gasteiger partial charge in [-0.15, -0.1) is 0 Å². The smallest absolute Gasteiger partial charge is 0.276 e. The summed E-state index contributed by atoms with van der Waals surface area (Å²) < 4.78 is 10.9. The minimum absolute atomic E-state index is 0.0619. The van der Waals surface area contributed by atoms with Crippen molar-refractivity contribution in [3.05, 3.63) is 24.3 Å². The number of hydrogen-bond donors (Lipinski definition) is 2. The van der Waals surface area contributed by atoms with Crippen molar-refractivity contribution in [2.75, 3.05) is 26.3 Å².